The number of nitrogens with one attached hydrogen (secondary N) is 1. The molecule has 1 aromatic carbocycles. The van der Waals surface area contributed by atoms with E-state index in [0.29, 0.717) is 34.8 Å². The molecule has 1 aliphatic rings. The van der Waals surface area contributed by atoms with Gasteiger partial charge in [-0.2, -0.15) is 0 Å². The molecule has 0 saturated carbocycles. The van der Waals surface area contributed by atoms with Gasteiger partial charge in [-0.15, -0.1) is 11.3 Å². The van der Waals surface area contributed by atoms with Crippen LogP contribution >= 0.6 is 22.9 Å². The molecule has 0 spiro atoms. The summed E-state index contributed by atoms with van der Waals surface area (Å²) in [7, 11) is -3.66. The first-order valence-corrected chi connectivity index (χ1v) is 9.92. The molecule has 1 fully saturated rings. The van der Waals surface area contributed by atoms with E-state index in [1.54, 1.807) is 24.0 Å². The summed E-state index contributed by atoms with van der Waals surface area (Å²) in [5, 5.41) is 1.16. The average Bonchev–Trinajstić information content (AvgIpc) is 3.01. The normalized spacial score (nSPS) is 18.7. The van der Waals surface area contributed by atoms with Gasteiger partial charge in [-0.05, 0) is 31.5 Å². The van der Waals surface area contributed by atoms with E-state index in [1.807, 2.05) is 6.07 Å². The number of hydrogen-bond donors (Lipinski definition) is 1. The highest BCUT2D eigenvalue weighted by Crippen LogP contribution is 2.35. The largest absolute Gasteiger partial charge is 0.341 e. The predicted octanol–water partition coefficient (Wildman–Crippen LogP) is 2.76. The van der Waals surface area contributed by atoms with Crippen LogP contribution in [0.2, 0.25) is 5.02 Å². The van der Waals surface area contributed by atoms with Gasteiger partial charge in [0.1, 0.15) is 4.90 Å². The third kappa shape index (κ3) is 3.24. The van der Waals surface area contributed by atoms with Gasteiger partial charge in [0.25, 0.3) is 0 Å². The summed E-state index contributed by atoms with van der Waals surface area (Å²) in [6, 6.07) is 5.02. The molecule has 124 valence electrons. The third-order valence-corrected chi connectivity index (χ3v) is 7.15. The number of fused-ring (bicyclic) bond motifs is 1. The summed E-state index contributed by atoms with van der Waals surface area (Å²) in [5.41, 5.74) is 0. The van der Waals surface area contributed by atoms with Gasteiger partial charge in [0.2, 0.25) is 15.9 Å². The Bertz CT molecular complexity index is 876. The molecular formula is C15H17ClN2O3S2. The van der Waals surface area contributed by atoms with Crippen molar-refractivity contribution in [3.8, 4) is 0 Å². The van der Waals surface area contributed by atoms with Crippen LogP contribution in [0, 0.1) is 6.92 Å². The number of nitrogens with zero attached hydrogens (tertiary/aromatic N) is 1. The zero-order valence-electron chi connectivity index (χ0n) is 12.8. The van der Waals surface area contributed by atoms with Crippen LogP contribution < -0.4 is 4.72 Å². The standard InChI is InChI=1S/C15H17ClN2O3S2/c1-9-15(13-7-11(16)3-4-14(13)22-9)23(20,21)17-12-5-6-18(8-12)10(2)19/h3-4,7,12,17H,5-6,8H2,1-2H3. The van der Waals surface area contributed by atoms with E-state index >= 15 is 0 Å². The van der Waals surface area contributed by atoms with Gasteiger partial charge in [0.15, 0.2) is 0 Å². The van der Waals surface area contributed by atoms with E-state index in [9.17, 15) is 13.2 Å². The van der Waals surface area contributed by atoms with Gasteiger partial charge in [-0.3, -0.25) is 4.79 Å². The Morgan fingerprint density at radius 2 is 2.17 bits per heavy atom. The maximum absolute atomic E-state index is 12.8. The number of benzene rings is 1. The van der Waals surface area contributed by atoms with Crippen LogP contribution in [-0.4, -0.2) is 38.4 Å². The van der Waals surface area contributed by atoms with Crippen molar-refractivity contribution in [2.75, 3.05) is 13.1 Å². The first-order valence-electron chi connectivity index (χ1n) is 7.24. The first kappa shape index (κ1) is 16.7. The number of amides is 1. The molecule has 1 unspecified atom stereocenters. The van der Waals surface area contributed by atoms with Crippen LogP contribution in [0.1, 0.15) is 18.2 Å². The summed E-state index contributed by atoms with van der Waals surface area (Å²) < 4.78 is 29.3. The second kappa shape index (κ2) is 6.05. The highest BCUT2D eigenvalue weighted by Gasteiger charge is 2.30. The van der Waals surface area contributed by atoms with E-state index < -0.39 is 10.0 Å². The Hall–Kier alpha value is -1.15. The van der Waals surface area contributed by atoms with Gasteiger partial charge in [-0.25, -0.2) is 13.1 Å². The molecule has 8 heteroatoms. The Kier molecular flexibility index (Phi) is 4.39. The van der Waals surface area contributed by atoms with Crippen molar-refractivity contribution < 1.29 is 13.2 Å². The quantitative estimate of drug-likeness (QED) is 0.900. The molecule has 1 amide bonds. The molecule has 23 heavy (non-hydrogen) atoms. The van der Waals surface area contributed by atoms with Gasteiger partial charge < -0.3 is 4.90 Å². The Labute approximate surface area is 144 Å². The number of halogens is 1. The van der Waals surface area contributed by atoms with E-state index in [4.69, 9.17) is 11.6 Å². The summed E-state index contributed by atoms with van der Waals surface area (Å²) in [6.45, 7) is 4.28. The lowest BCUT2D eigenvalue weighted by molar-refractivity contribution is -0.127. The van der Waals surface area contributed by atoms with Crippen molar-refractivity contribution in [1.29, 1.82) is 0 Å². The summed E-state index contributed by atoms with van der Waals surface area (Å²) in [6.07, 6.45) is 0.626. The highest BCUT2D eigenvalue weighted by molar-refractivity contribution is 7.90. The van der Waals surface area contributed by atoms with Crippen LogP contribution in [0.25, 0.3) is 10.1 Å². The number of rotatable bonds is 3. The van der Waals surface area contributed by atoms with Crippen LogP contribution in [-0.2, 0) is 14.8 Å². The number of carbonyl (C=O) groups is 1. The summed E-state index contributed by atoms with van der Waals surface area (Å²) >= 11 is 7.45. The molecule has 2 aromatic rings. The molecule has 1 saturated heterocycles. The third-order valence-electron chi connectivity index (χ3n) is 3.99. The number of carbonyl (C=O) groups excluding carboxylic acids is 1. The second-order valence-electron chi connectivity index (χ2n) is 5.70. The van der Waals surface area contributed by atoms with Crippen molar-refractivity contribution in [1.82, 2.24) is 9.62 Å². The lowest BCUT2D eigenvalue weighted by Crippen LogP contribution is -2.38. The Balaban J connectivity index is 1.93. The van der Waals surface area contributed by atoms with Crippen LogP contribution in [0.3, 0.4) is 0 Å². The van der Waals surface area contributed by atoms with Crippen LogP contribution in [0.15, 0.2) is 23.1 Å². The minimum Gasteiger partial charge on any atom is -0.341 e. The minimum atomic E-state index is -3.66. The monoisotopic (exact) mass is 372 g/mol. The molecule has 3 rings (SSSR count). The van der Waals surface area contributed by atoms with Gasteiger partial charge in [-0.1, -0.05) is 11.6 Å². The second-order valence-corrected chi connectivity index (χ2v) is 9.04. The first-order chi connectivity index (χ1) is 10.8. The van der Waals surface area contributed by atoms with E-state index in [-0.39, 0.29) is 11.9 Å². The van der Waals surface area contributed by atoms with Crippen molar-refractivity contribution in [2.45, 2.75) is 31.2 Å². The number of likely N-dealkylation sites (tertiary alicyclic amines) is 1. The van der Waals surface area contributed by atoms with Crippen molar-refractivity contribution in [3.63, 3.8) is 0 Å². The molecule has 1 N–H and O–H groups in total. The van der Waals surface area contributed by atoms with Crippen molar-refractivity contribution in [3.05, 3.63) is 28.1 Å². The highest BCUT2D eigenvalue weighted by atomic mass is 35.5. The van der Waals surface area contributed by atoms with Gasteiger partial charge in [0, 0.05) is 46.0 Å². The molecule has 5 nitrogen and oxygen atoms in total. The van der Waals surface area contributed by atoms with Crippen molar-refractivity contribution >= 4 is 49.0 Å². The number of sulfonamides is 1. The lowest BCUT2D eigenvalue weighted by Gasteiger charge is -2.15. The average molecular weight is 373 g/mol. The molecule has 1 aliphatic heterocycles. The molecule has 1 atom stereocenters. The predicted molar refractivity (Wildman–Crippen MR) is 92.6 cm³/mol. The molecule has 0 aliphatic carbocycles. The number of aryl methyl sites for hydroxylation is 1. The van der Waals surface area contributed by atoms with E-state index in [2.05, 4.69) is 4.72 Å². The number of thiophene rings is 1. The Morgan fingerprint density at radius 3 is 2.83 bits per heavy atom. The minimum absolute atomic E-state index is 0.0318. The zero-order chi connectivity index (χ0) is 16.8. The SMILES string of the molecule is CC(=O)N1CCC(NS(=O)(=O)c2c(C)sc3ccc(Cl)cc23)C1. The van der Waals surface area contributed by atoms with Gasteiger partial charge in [0.05, 0.1) is 0 Å². The van der Waals surface area contributed by atoms with Crippen LogP contribution in [0.5, 0.6) is 0 Å². The van der Waals surface area contributed by atoms with Gasteiger partial charge >= 0.3 is 0 Å². The Morgan fingerprint density at radius 1 is 1.43 bits per heavy atom. The number of hydrogen-bond acceptors (Lipinski definition) is 4. The fourth-order valence-electron chi connectivity index (χ4n) is 2.92. The molecule has 0 bridgehead atoms. The summed E-state index contributed by atoms with van der Waals surface area (Å²) in [5.74, 6) is -0.0318. The topological polar surface area (TPSA) is 66.5 Å². The maximum atomic E-state index is 12.8. The molecular weight excluding hydrogens is 356 g/mol. The zero-order valence-corrected chi connectivity index (χ0v) is 15.2. The van der Waals surface area contributed by atoms with Crippen LogP contribution in [0.4, 0.5) is 0 Å². The van der Waals surface area contributed by atoms with E-state index in [0.717, 1.165) is 9.58 Å². The molecule has 0 radical (unpaired) electrons. The maximum Gasteiger partial charge on any atom is 0.242 e. The fraction of sp³-hybridized carbons (Fsp3) is 0.400. The lowest BCUT2D eigenvalue weighted by atomic mass is 10.2. The fourth-order valence-corrected chi connectivity index (χ4v) is 6.14. The smallest absolute Gasteiger partial charge is 0.242 e. The molecule has 2 heterocycles. The van der Waals surface area contributed by atoms with Crippen molar-refractivity contribution in [2.24, 2.45) is 0 Å². The summed E-state index contributed by atoms with van der Waals surface area (Å²) in [4.78, 5) is 14.1. The van der Waals surface area contributed by atoms with E-state index in [1.165, 1.54) is 18.3 Å². The molecule has 1 aromatic heterocycles.